The van der Waals surface area contributed by atoms with Crippen LogP contribution in [0.4, 0.5) is 0 Å². The number of piperidine rings is 1. The van der Waals surface area contributed by atoms with Crippen LogP contribution >= 0.6 is 15.9 Å². The van der Waals surface area contributed by atoms with Crippen molar-refractivity contribution in [1.29, 1.82) is 0 Å². The molecule has 1 N–H and O–H groups in total. The van der Waals surface area contributed by atoms with Crippen molar-refractivity contribution >= 4 is 32.8 Å². The lowest BCUT2D eigenvalue weighted by Crippen LogP contribution is -2.39. The van der Waals surface area contributed by atoms with Gasteiger partial charge in [0.25, 0.3) is 5.91 Å². The van der Waals surface area contributed by atoms with E-state index in [2.05, 4.69) is 15.9 Å². The molecule has 1 aromatic carbocycles. The second-order valence-corrected chi connectivity index (χ2v) is 6.53. The van der Waals surface area contributed by atoms with Gasteiger partial charge in [-0.15, -0.1) is 0 Å². The van der Waals surface area contributed by atoms with Crippen LogP contribution in [0, 0.1) is 12.8 Å². The lowest BCUT2D eigenvalue weighted by Gasteiger charge is -2.30. The molecule has 1 aromatic heterocycles. The first-order valence-electron chi connectivity index (χ1n) is 7.19. The van der Waals surface area contributed by atoms with Gasteiger partial charge in [0.15, 0.2) is 5.76 Å². The number of fused-ring (bicyclic) bond motifs is 1. The average Bonchev–Trinajstić information content (AvgIpc) is 2.83. The molecule has 0 atom stereocenters. The van der Waals surface area contributed by atoms with Gasteiger partial charge in [-0.2, -0.15) is 0 Å². The van der Waals surface area contributed by atoms with E-state index in [1.165, 1.54) is 0 Å². The van der Waals surface area contributed by atoms with E-state index in [4.69, 9.17) is 4.42 Å². The van der Waals surface area contributed by atoms with Crippen LogP contribution in [0.2, 0.25) is 0 Å². The molecule has 112 valence electrons. The van der Waals surface area contributed by atoms with Crippen LogP contribution in [-0.2, 0) is 0 Å². The average molecular weight is 352 g/mol. The summed E-state index contributed by atoms with van der Waals surface area (Å²) in [5.41, 5.74) is 1.63. The maximum Gasteiger partial charge on any atom is 0.289 e. The second kappa shape index (κ2) is 5.81. The minimum atomic E-state index is -0.0452. The Kier molecular flexibility index (Phi) is 4.04. The highest BCUT2D eigenvalue weighted by molar-refractivity contribution is 9.10. The topological polar surface area (TPSA) is 53.7 Å². The van der Waals surface area contributed by atoms with Gasteiger partial charge in [-0.25, -0.2) is 0 Å². The molecule has 1 aliphatic heterocycles. The first-order valence-corrected chi connectivity index (χ1v) is 7.98. The first-order chi connectivity index (χ1) is 10.1. The fourth-order valence-corrected chi connectivity index (χ4v) is 3.22. The number of carbonyl (C=O) groups excluding carboxylic acids is 1. The molecular weight excluding hydrogens is 334 g/mol. The van der Waals surface area contributed by atoms with Crippen LogP contribution in [0.15, 0.2) is 27.1 Å². The molecule has 5 heteroatoms. The van der Waals surface area contributed by atoms with Crippen molar-refractivity contribution in [2.75, 3.05) is 19.7 Å². The van der Waals surface area contributed by atoms with Gasteiger partial charge in [0.2, 0.25) is 0 Å². The lowest BCUT2D eigenvalue weighted by molar-refractivity contribution is 0.0621. The van der Waals surface area contributed by atoms with Gasteiger partial charge in [0.1, 0.15) is 5.58 Å². The number of hydrogen-bond donors (Lipinski definition) is 1. The number of halogens is 1. The van der Waals surface area contributed by atoms with E-state index in [0.29, 0.717) is 24.8 Å². The van der Waals surface area contributed by atoms with Gasteiger partial charge in [-0.3, -0.25) is 4.79 Å². The van der Waals surface area contributed by atoms with Gasteiger partial charge in [-0.05, 0) is 43.9 Å². The molecule has 0 aliphatic carbocycles. The van der Waals surface area contributed by atoms with Crippen LogP contribution in [0.25, 0.3) is 11.0 Å². The number of aliphatic hydroxyl groups is 1. The maximum absolute atomic E-state index is 12.6. The highest BCUT2D eigenvalue weighted by Gasteiger charge is 2.27. The zero-order valence-electron chi connectivity index (χ0n) is 11.9. The molecule has 1 saturated heterocycles. The standard InChI is InChI=1S/C16H18BrNO3/c1-10-13-8-12(17)2-3-14(13)21-15(10)16(20)18-6-4-11(9-19)5-7-18/h2-3,8,11,19H,4-7,9H2,1H3. The quantitative estimate of drug-likeness (QED) is 0.902. The van der Waals surface area contributed by atoms with Crippen molar-refractivity contribution in [2.45, 2.75) is 19.8 Å². The molecule has 2 aromatic rings. The SMILES string of the molecule is Cc1c(C(=O)N2CCC(CO)CC2)oc2ccc(Br)cc12. The Morgan fingerprint density at radius 2 is 2.14 bits per heavy atom. The number of likely N-dealkylation sites (tertiary alicyclic amines) is 1. The number of rotatable bonds is 2. The summed E-state index contributed by atoms with van der Waals surface area (Å²) >= 11 is 3.44. The number of aryl methyl sites for hydroxylation is 1. The molecule has 0 radical (unpaired) electrons. The minimum Gasteiger partial charge on any atom is -0.451 e. The molecule has 0 unspecified atom stereocenters. The number of benzene rings is 1. The molecule has 1 amide bonds. The summed E-state index contributed by atoms with van der Waals surface area (Å²) in [6, 6.07) is 5.76. The monoisotopic (exact) mass is 351 g/mol. The molecular formula is C16H18BrNO3. The molecule has 0 saturated carbocycles. The smallest absolute Gasteiger partial charge is 0.289 e. The summed E-state index contributed by atoms with van der Waals surface area (Å²) in [7, 11) is 0. The summed E-state index contributed by atoms with van der Waals surface area (Å²) < 4.78 is 6.73. The Bertz CT molecular complexity index is 671. The van der Waals surface area contributed by atoms with Gasteiger partial charge >= 0.3 is 0 Å². The van der Waals surface area contributed by atoms with E-state index in [1.54, 1.807) is 0 Å². The highest BCUT2D eigenvalue weighted by Crippen LogP contribution is 2.29. The van der Waals surface area contributed by atoms with Gasteiger partial charge in [-0.1, -0.05) is 15.9 Å². The molecule has 1 fully saturated rings. The summed E-state index contributed by atoms with van der Waals surface area (Å²) in [6.07, 6.45) is 1.71. The van der Waals surface area contributed by atoms with Gasteiger partial charge < -0.3 is 14.4 Å². The predicted molar refractivity (Wildman–Crippen MR) is 84.4 cm³/mol. The van der Waals surface area contributed by atoms with E-state index in [-0.39, 0.29) is 12.5 Å². The molecule has 0 bridgehead atoms. The Morgan fingerprint density at radius 3 is 2.81 bits per heavy atom. The van der Waals surface area contributed by atoms with E-state index < -0.39 is 0 Å². The van der Waals surface area contributed by atoms with Crippen molar-refractivity contribution in [3.63, 3.8) is 0 Å². The van der Waals surface area contributed by atoms with Crippen LogP contribution in [0.1, 0.15) is 29.0 Å². The fraction of sp³-hybridized carbons (Fsp3) is 0.438. The number of carbonyl (C=O) groups is 1. The second-order valence-electron chi connectivity index (χ2n) is 5.61. The largest absolute Gasteiger partial charge is 0.451 e. The summed E-state index contributed by atoms with van der Waals surface area (Å²) in [5, 5.41) is 10.1. The molecule has 2 heterocycles. The fourth-order valence-electron chi connectivity index (χ4n) is 2.86. The Balaban J connectivity index is 1.87. The van der Waals surface area contributed by atoms with Crippen molar-refractivity contribution in [3.05, 3.63) is 34.0 Å². The lowest BCUT2D eigenvalue weighted by atomic mass is 9.97. The van der Waals surface area contributed by atoms with Crippen LogP contribution in [0.5, 0.6) is 0 Å². The van der Waals surface area contributed by atoms with Crippen molar-refractivity contribution in [1.82, 2.24) is 4.90 Å². The van der Waals surface area contributed by atoms with E-state index in [1.807, 2.05) is 30.0 Å². The molecule has 4 nitrogen and oxygen atoms in total. The molecule has 1 aliphatic rings. The number of furan rings is 1. The van der Waals surface area contributed by atoms with Crippen LogP contribution in [0.3, 0.4) is 0 Å². The van der Waals surface area contributed by atoms with E-state index >= 15 is 0 Å². The van der Waals surface area contributed by atoms with Crippen molar-refractivity contribution < 1.29 is 14.3 Å². The summed E-state index contributed by atoms with van der Waals surface area (Å²) in [4.78, 5) is 14.5. The zero-order valence-corrected chi connectivity index (χ0v) is 13.5. The third kappa shape index (κ3) is 2.72. The van der Waals surface area contributed by atoms with Crippen molar-refractivity contribution in [2.24, 2.45) is 5.92 Å². The Hall–Kier alpha value is -1.33. The number of aliphatic hydroxyl groups excluding tert-OH is 1. The molecule has 21 heavy (non-hydrogen) atoms. The van der Waals surface area contributed by atoms with E-state index in [0.717, 1.165) is 33.8 Å². The van der Waals surface area contributed by atoms with Crippen LogP contribution < -0.4 is 0 Å². The third-order valence-corrected chi connectivity index (χ3v) is 4.75. The minimum absolute atomic E-state index is 0.0452. The summed E-state index contributed by atoms with van der Waals surface area (Å²) in [5.74, 6) is 0.712. The van der Waals surface area contributed by atoms with Gasteiger partial charge in [0.05, 0.1) is 0 Å². The number of amides is 1. The Labute approximate surface area is 131 Å². The predicted octanol–water partition coefficient (Wildman–Crippen LogP) is 3.35. The molecule has 0 spiro atoms. The summed E-state index contributed by atoms with van der Waals surface area (Å²) in [6.45, 7) is 3.50. The number of hydrogen-bond acceptors (Lipinski definition) is 3. The highest BCUT2D eigenvalue weighted by atomic mass is 79.9. The molecule has 3 rings (SSSR count). The first kappa shape index (κ1) is 14.6. The van der Waals surface area contributed by atoms with Crippen LogP contribution in [-0.4, -0.2) is 35.6 Å². The zero-order chi connectivity index (χ0) is 15.0. The van der Waals surface area contributed by atoms with E-state index in [9.17, 15) is 9.90 Å². The number of nitrogens with zero attached hydrogens (tertiary/aromatic N) is 1. The third-order valence-electron chi connectivity index (χ3n) is 4.25. The van der Waals surface area contributed by atoms with Gasteiger partial charge in [0, 0.05) is 35.1 Å². The maximum atomic E-state index is 12.6. The normalized spacial score (nSPS) is 16.6. The van der Waals surface area contributed by atoms with Crippen molar-refractivity contribution in [3.8, 4) is 0 Å². The Morgan fingerprint density at radius 1 is 1.43 bits per heavy atom.